The van der Waals surface area contributed by atoms with Crippen molar-refractivity contribution < 1.29 is 28.5 Å². The van der Waals surface area contributed by atoms with E-state index >= 15 is 0 Å². The van der Waals surface area contributed by atoms with Gasteiger partial charge in [-0.25, -0.2) is 0 Å². The van der Waals surface area contributed by atoms with Gasteiger partial charge in [0, 0.05) is 10.6 Å². The molecule has 0 aromatic heterocycles. The van der Waals surface area contributed by atoms with E-state index in [2.05, 4.69) is 0 Å². The first-order chi connectivity index (χ1) is 12.6. The number of ketones is 1. The smallest absolute Gasteiger partial charge is 0.313 e. The van der Waals surface area contributed by atoms with E-state index in [4.69, 9.17) is 30.5 Å². The zero-order valence-corrected chi connectivity index (χ0v) is 14.5. The summed E-state index contributed by atoms with van der Waals surface area (Å²) < 4.78 is 21.2. The second-order valence-electron chi connectivity index (χ2n) is 6.06. The Balaban J connectivity index is 1.36. The predicted molar refractivity (Wildman–Crippen MR) is 92.0 cm³/mol. The molecule has 0 saturated heterocycles. The van der Waals surface area contributed by atoms with Gasteiger partial charge in [0.05, 0.1) is 5.92 Å². The lowest BCUT2D eigenvalue weighted by Crippen LogP contribution is -2.31. The number of carbonyl (C=O) groups is 2. The van der Waals surface area contributed by atoms with E-state index < -0.39 is 11.9 Å². The highest BCUT2D eigenvalue weighted by Crippen LogP contribution is 2.33. The number of rotatable bonds is 4. The molecule has 0 N–H and O–H groups in total. The Hall–Kier alpha value is -2.73. The van der Waals surface area contributed by atoms with Crippen molar-refractivity contribution in [3.8, 4) is 17.2 Å². The van der Waals surface area contributed by atoms with Crippen LogP contribution in [0.2, 0.25) is 5.02 Å². The quantitative estimate of drug-likeness (QED) is 0.605. The summed E-state index contributed by atoms with van der Waals surface area (Å²) in [4.78, 5) is 24.5. The summed E-state index contributed by atoms with van der Waals surface area (Å²) in [5, 5.41) is 0.583. The van der Waals surface area contributed by atoms with Crippen molar-refractivity contribution in [2.45, 2.75) is 6.42 Å². The Kier molecular flexibility index (Phi) is 4.42. The lowest BCUT2D eigenvalue weighted by molar-refractivity contribution is -0.148. The van der Waals surface area contributed by atoms with Crippen LogP contribution in [0.3, 0.4) is 0 Å². The van der Waals surface area contributed by atoms with Crippen LogP contribution in [0.5, 0.6) is 17.2 Å². The van der Waals surface area contributed by atoms with Gasteiger partial charge in [-0.3, -0.25) is 9.59 Å². The molecule has 0 radical (unpaired) electrons. The van der Waals surface area contributed by atoms with Gasteiger partial charge in [0.2, 0.25) is 6.79 Å². The molecule has 26 heavy (non-hydrogen) atoms. The fourth-order valence-corrected chi connectivity index (χ4v) is 3.12. The normalized spacial score (nSPS) is 17.2. The molecule has 2 aliphatic rings. The SMILES string of the molecule is O=C(COC(=O)[C@H]1COc2ccc(Cl)cc2C1)c1ccc2c(c1)OCO2. The van der Waals surface area contributed by atoms with Crippen molar-refractivity contribution in [3.63, 3.8) is 0 Å². The van der Waals surface area contributed by atoms with Crippen LogP contribution in [0.25, 0.3) is 0 Å². The van der Waals surface area contributed by atoms with Crippen molar-refractivity contribution in [2.75, 3.05) is 20.0 Å². The summed E-state index contributed by atoms with van der Waals surface area (Å²) in [5.41, 5.74) is 1.26. The van der Waals surface area contributed by atoms with Crippen molar-refractivity contribution in [1.29, 1.82) is 0 Å². The van der Waals surface area contributed by atoms with Crippen molar-refractivity contribution >= 4 is 23.4 Å². The molecule has 2 aromatic rings. The van der Waals surface area contributed by atoms with Crippen LogP contribution < -0.4 is 14.2 Å². The van der Waals surface area contributed by atoms with E-state index in [9.17, 15) is 9.59 Å². The van der Waals surface area contributed by atoms with Gasteiger partial charge in [0.1, 0.15) is 12.4 Å². The first-order valence-electron chi connectivity index (χ1n) is 8.11. The van der Waals surface area contributed by atoms with Crippen molar-refractivity contribution in [1.82, 2.24) is 0 Å². The van der Waals surface area contributed by atoms with Crippen LogP contribution in [0.4, 0.5) is 0 Å². The molecule has 134 valence electrons. The third kappa shape index (κ3) is 3.32. The topological polar surface area (TPSA) is 71.1 Å². The number of carbonyl (C=O) groups excluding carboxylic acids is 2. The second-order valence-corrected chi connectivity index (χ2v) is 6.50. The third-order valence-corrected chi connectivity index (χ3v) is 4.54. The van der Waals surface area contributed by atoms with Crippen LogP contribution in [-0.4, -0.2) is 31.8 Å². The zero-order valence-electron chi connectivity index (χ0n) is 13.7. The summed E-state index contributed by atoms with van der Waals surface area (Å²) in [5.74, 6) is 0.577. The van der Waals surface area contributed by atoms with E-state index in [1.807, 2.05) is 0 Å². The van der Waals surface area contributed by atoms with E-state index in [0.29, 0.717) is 28.5 Å². The minimum absolute atomic E-state index is 0.134. The highest BCUT2D eigenvalue weighted by Gasteiger charge is 2.28. The monoisotopic (exact) mass is 374 g/mol. The van der Waals surface area contributed by atoms with Gasteiger partial charge in [-0.15, -0.1) is 0 Å². The van der Waals surface area contributed by atoms with Gasteiger partial charge < -0.3 is 18.9 Å². The Morgan fingerprint density at radius 1 is 1.04 bits per heavy atom. The maximum Gasteiger partial charge on any atom is 0.313 e. The zero-order chi connectivity index (χ0) is 18.1. The summed E-state index contributed by atoms with van der Waals surface area (Å²) >= 11 is 5.98. The molecule has 1 atom stereocenters. The van der Waals surface area contributed by atoms with Gasteiger partial charge in [0.15, 0.2) is 23.9 Å². The van der Waals surface area contributed by atoms with Crippen LogP contribution in [0.1, 0.15) is 15.9 Å². The minimum atomic E-state index is -0.468. The van der Waals surface area contributed by atoms with Gasteiger partial charge in [-0.05, 0) is 48.4 Å². The molecular formula is C19H15ClO6. The highest BCUT2D eigenvalue weighted by molar-refractivity contribution is 6.30. The molecule has 2 aliphatic heterocycles. The molecule has 7 heteroatoms. The van der Waals surface area contributed by atoms with Crippen LogP contribution in [0.15, 0.2) is 36.4 Å². The molecule has 0 unspecified atom stereocenters. The Morgan fingerprint density at radius 3 is 2.73 bits per heavy atom. The number of Topliss-reactive ketones (excluding diaryl/α,β-unsaturated/α-hetero) is 1. The predicted octanol–water partition coefficient (Wildman–Crippen LogP) is 3.05. The average Bonchev–Trinajstić information content (AvgIpc) is 3.13. The number of hydrogen-bond acceptors (Lipinski definition) is 6. The average molecular weight is 375 g/mol. The van der Waals surface area contributed by atoms with Crippen molar-refractivity contribution in [2.24, 2.45) is 5.92 Å². The lowest BCUT2D eigenvalue weighted by atomic mass is 9.97. The molecule has 2 aromatic carbocycles. The van der Waals surface area contributed by atoms with Gasteiger partial charge in [-0.2, -0.15) is 0 Å². The van der Waals surface area contributed by atoms with Crippen LogP contribution >= 0.6 is 11.6 Å². The summed E-state index contributed by atoms with van der Waals surface area (Å²) in [6.07, 6.45) is 0.465. The molecule has 0 spiro atoms. The number of benzene rings is 2. The molecule has 0 bridgehead atoms. The fraction of sp³-hybridized carbons (Fsp3) is 0.263. The van der Waals surface area contributed by atoms with E-state index in [0.717, 1.165) is 11.3 Å². The number of halogens is 1. The molecule has 0 aliphatic carbocycles. The summed E-state index contributed by atoms with van der Waals surface area (Å²) in [6.45, 7) is 0.0121. The van der Waals surface area contributed by atoms with Gasteiger partial charge >= 0.3 is 5.97 Å². The third-order valence-electron chi connectivity index (χ3n) is 4.30. The maximum absolute atomic E-state index is 12.3. The molecule has 6 nitrogen and oxygen atoms in total. The van der Waals surface area contributed by atoms with E-state index in [1.165, 1.54) is 0 Å². The van der Waals surface area contributed by atoms with Crippen molar-refractivity contribution in [3.05, 3.63) is 52.5 Å². The number of fused-ring (bicyclic) bond motifs is 2. The number of ether oxygens (including phenoxy) is 4. The molecular weight excluding hydrogens is 360 g/mol. The van der Waals surface area contributed by atoms with Crippen LogP contribution in [-0.2, 0) is 16.0 Å². The minimum Gasteiger partial charge on any atom is -0.492 e. The molecule has 0 fully saturated rings. The first kappa shape index (κ1) is 16.7. The Bertz CT molecular complexity index is 878. The molecule has 0 amide bonds. The fourth-order valence-electron chi connectivity index (χ4n) is 2.92. The van der Waals surface area contributed by atoms with Gasteiger partial charge in [-0.1, -0.05) is 11.6 Å². The Labute approximate surface area is 154 Å². The van der Waals surface area contributed by atoms with E-state index in [-0.39, 0.29) is 25.8 Å². The number of esters is 1. The number of hydrogen-bond donors (Lipinski definition) is 0. The summed E-state index contributed by atoms with van der Waals surface area (Å²) in [7, 11) is 0. The molecule has 4 rings (SSSR count). The van der Waals surface area contributed by atoms with Gasteiger partial charge in [0.25, 0.3) is 0 Å². The largest absolute Gasteiger partial charge is 0.492 e. The molecule has 0 saturated carbocycles. The standard InChI is InChI=1S/C19H15ClO6/c20-14-2-4-16-12(6-14)5-13(8-23-16)19(22)24-9-15(21)11-1-3-17-18(7-11)26-10-25-17/h1-4,6-7,13H,5,8-10H2/t13-/m1/s1. The second kappa shape index (κ2) is 6.88. The highest BCUT2D eigenvalue weighted by atomic mass is 35.5. The maximum atomic E-state index is 12.3. The summed E-state index contributed by atoms with van der Waals surface area (Å²) in [6, 6.07) is 10.2. The molecule has 2 heterocycles. The van der Waals surface area contributed by atoms with E-state index in [1.54, 1.807) is 36.4 Å². The Morgan fingerprint density at radius 2 is 1.85 bits per heavy atom. The first-order valence-corrected chi connectivity index (χ1v) is 8.48. The van der Waals surface area contributed by atoms with Crippen LogP contribution in [0, 0.1) is 5.92 Å². The lowest BCUT2D eigenvalue weighted by Gasteiger charge is -2.24.